The van der Waals surface area contributed by atoms with Crippen LogP contribution in [0.2, 0.25) is 0 Å². The number of carbonyl (C=O) groups excluding carboxylic acids is 11. The van der Waals surface area contributed by atoms with E-state index in [1.165, 1.54) is 80.6 Å². The summed E-state index contributed by atoms with van der Waals surface area (Å²) in [7, 11) is 8.52. The van der Waals surface area contributed by atoms with Crippen molar-refractivity contribution in [3.8, 4) is 0 Å². The maximum Gasteiger partial charge on any atom is 0.248 e. The number of likely N-dealkylation sites (tertiary alicyclic amines) is 1. The molecule has 2 fully saturated rings. The van der Waals surface area contributed by atoms with Gasteiger partial charge in [0.1, 0.15) is 54.4 Å². The molecule has 0 spiro atoms. The molecule has 0 bridgehead atoms. The molecule has 0 radical (unpaired) electrons. The fraction of sp³-hybridized carbons (Fsp3) is 0.646. The quantitative estimate of drug-likeness (QED) is 0.194. The van der Waals surface area contributed by atoms with Crippen LogP contribution in [0.1, 0.15) is 125 Å². The average molecular weight is 1230 g/mol. The summed E-state index contributed by atoms with van der Waals surface area (Å²) in [5.41, 5.74) is 1.36. The van der Waals surface area contributed by atoms with E-state index in [9.17, 15) is 43.5 Å². The first kappa shape index (κ1) is 73.0. The maximum absolute atomic E-state index is 15.3. The van der Waals surface area contributed by atoms with Crippen molar-refractivity contribution in [3.63, 3.8) is 0 Å². The van der Waals surface area contributed by atoms with E-state index in [0.29, 0.717) is 43.5 Å². The van der Waals surface area contributed by atoms with E-state index in [-0.39, 0.29) is 37.5 Å². The molecule has 0 aliphatic carbocycles. The van der Waals surface area contributed by atoms with Gasteiger partial charge in [-0.25, -0.2) is 0 Å². The molecule has 2 aliphatic rings. The number of rotatable bonds is 13. The van der Waals surface area contributed by atoms with Crippen LogP contribution in [0.3, 0.4) is 0 Å². The van der Waals surface area contributed by atoms with Crippen molar-refractivity contribution in [3.05, 3.63) is 71.8 Å². The number of hydrogen-bond donors (Lipinski definition) is 5. The number of nitrogens with zero attached hydrogens (tertiary/aromatic N) is 7. The highest BCUT2D eigenvalue weighted by molar-refractivity contribution is 6.00. The Morgan fingerprint density at radius 3 is 1.55 bits per heavy atom. The predicted octanol–water partition coefficient (Wildman–Crippen LogP) is 2.62. The predicted molar refractivity (Wildman–Crippen MR) is 334 cm³/mol. The number of amides is 11. The first-order valence-electron chi connectivity index (χ1n) is 31.2. The Morgan fingerprint density at radius 2 is 1.03 bits per heavy atom. The van der Waals surface area contributed by atoms with Crippen molar-refractivity contribution in [2.75, 3.05) is 61.9 Å². The molecule has 2 aromatic carbocycles. The van der Waals surface area contributed by atoms with Crippen LogP contribution in [0, 0.1) is 23.7 Å². The van der Waals surface area contributed by atoms with Crippen molar-refractivity contribution in [1.82, 2.24) is 55.6 Å². The largest absolute Gasteiger partial charge is 0.391 e. The lowest BCUT2D eigenvalue weighted by molar-refractivity contribution is -0.154. The number of piperidine rings is 1. The van der Waals surface area contributed by atoms with Gasteiger partial charge in [0, 0.05) is 68.2 Å². The lowest BCUT2D eigenvalue weighted by atomic mass is 9.94. The maximum atomic E-state index is 15.3. The van der Waals surface area contributed by atoms with Crippen LogP contribution >= 0.6 is 0 Å². The topological polar surface area (TPSA) is 279 Å². The first-order chi connectivity index (χ1) is 41.3. The summed E-state index contributed by atoms with van der Waals surface area (Å²) in [4.78, 5) is 171. The van der Waals surface area contributed by atoms with Gasteiger partial charge >= 0.3 is 0 Å². The van der Waals surface area contributed by atoms with Gasteiger partial charge in [0.2, 0.25) is 65.0 Å². The van der Waals surface area contributed by atoms with E-state index in [1.807, 2.05) is 40.7 Å². The Balaban J connectivity index is 1.93. The minimum atomic E-state index is -1.65. The highest BCUT2D eigenvalue weighted by atomic mass is 16.3. The third-order valence-electron chi connectivity index (χ3n) is 17.3. The molecule has 2 heterocycles. The summed E-state index contributed by atoms with van der Waals surface area (Å²) in [5.74, 6) is -9.28. The van der Waals surface area contributed by atoms with Crippen molar-refractivity contribution in [1.29, 1.82) is 0 Å². The highest BCUT2D eigenvalue weighted by Crippen LogP contribution is 2.24. The number of aliphatic hydroxyl groups excluding tert-OH is 1. The smallest absolute Gasteiger partial charge is 0.248 e. The van der Waals surface area contributed by atoms with Gasteiger partial charge in [-0.05, 0) is 80.8 Å². The van der Waals surface area contributed by atoms with Gasteiger partial charge in [-0.15, -0.1) is 0 Å². The van der Waals surface area contributed by atoms with E-state index < -0.39 is 150 Å². The molecule has 4 rings (SSSR count). The van der Waals surface area contributed by atoms with Gasteiger partial charge in [-0.1, -0.05) is 122 Å². The van der Waals surface area contributed by atoms with E-state index in [4.69, 9.17) is 0 Å². The third kappa shape index (κ3) is 19.5. The molecule has 23 nitrogen and oxygen atoms in total. The summed E-state index contributed by atoms with van der Waals surface area (Å²) in [5, 5.41) is 21.9. The molecule has 11 atom stereocenters. The van der Waals surface area contributed by atoms with Crippen LogP contribution in [0.15, 0.2) is 60.7 Å². The fourth-order valence-electron chi connectivity index (χ4n) is 11.4. The Kier molecular flexibility index (Phi) is 28.0. The van der Waals surface area contributed by atoms with Crippen LogP contribution in [0.25, 0.3) is 0 Å². The highest BCUT2D eigenvalue weighted by Gasteiger charge is 2.44. The number of aliphatic hydroxyl groups is 1. The van der Waals surface area contributed by atoms with Crippen molar-refractivity contribution < 1.29 is 57.8 Å². The monoisotopic (exact) mass is 1230 g/mol. The second-order valence-corrected chi connectivity index (χ2v) is 25.3. The van der Waals surface area contributed by atoms with Gasteiger partial charge in [-0.3, -0.25) is 52.7 Å². The van der Waals surface area contributed by atoms with E-state index in [1.54, 1.807) is 80.3 Å². The van der Waals surface area contributed by atoms with Crippen LogP contribution in [-0.4, -0.2) is 227 Å². The van der Waals surface area contributed by atoms with Gasteiger partial charge in [0.15, 0.2) is 0 Å². The van der Waals surface area contributed by atoms with E-state index in [0.717, 1.165) is 11.3 Å². The van der Waals surface area contributed by atoms with Crippen LogP contribution in [-0.2, 0) is 65.6 Å². The Bertz CT molecular complexity index is 2720. The number of nitrogens with one attached hydrogen (secondary N) is 4. The molecule has 0 unspecified atom stereocenters. The molecular formula is C65H101N11O12. The van der Waals surface area contributed by atoms with Gasteiger partial charge in [-0.2, -0.15) is 0 Å². The molecule has 0 saturated carbocycles. The standard InChI is InChI=1S/C65H101N11O12/c1-17-42(8)56-65(88)73(14)49(35-45-27-21-18-22-28-45)57(80)66-38-53(79)71(12)51(36-46-29-23-19-24-30-46)63(86)74(15)50(34-40(4)5)62(85)72(13)48(33-39(2)3)58(81)67-47(61(84)76-31-25-20-26-32-76)37-52(78)68-54(41(6)7)59(82)69-55(44(10)77)64(87)70(11)43(9)60(83)75(56)16/h18-19,21-24,27-30,39-44,47-51,54-56,77H,17,20,25-26,31-38H2,1-16H3,(H,66,80)(H,67,81)(H,68,78)(H,69,82)/t42-,43-,44+,47-,48-,49-,50-,51-,54+,55-,56-/m0/s1. The lowest BCUT2D eigenvalue weighted by Crippen LogP contribution is -2.62. The zero-order chi connectivity index (χ0) is 66.0. The Morgan fingerprint density at radius 1 is 0.534 bits per heavy atom. The van der Waals surface area contributed by atoms with Crippen molar-refractivity contribution in [2.24, 2.45) is 23.7 Å². The zero-order valence-corrected chi connectivity index (χ0v) is 54.9. The van der Waals surface area contributed by atoms with Gasteiger partial charge in [0.25, 0.3) is 0 Å². The molecule has 0 aromatic heterocycles. The molecule has 2 aromatic rings. The summed E-state index contributed by atoms with van der Waals surface area (Å²) >= 11 is 0. The number of likely N-dealkylation sites (N-methyl/N-ethyl adjacent to an activating group) is 6. The number of carbonyl (C=O) groups is 11. The minimum Gasteiger partial charge on any atom is -0.391 e. The summed E-state index contributed by atoms with van der Waals surface area (Å²) in [6.07, 6.45) is 0.694. The van der Waals surface area contributed by atoms with Crippen LogP contribution < -0.4 is 21.3 Å². The second-order valence-electron chi connectivity index (χ2n) is 25.3. The Hall–Kier alpha value is -7.43. The summed E-state index contributed by atoms with van der Waals surface area (Å²) in [6, 6.07) is 6.03. The van der Waals surface area contributed by atoms with Crippen molar-refractivity contribution >= 4 is 65.0 Å². The molecule has 488 valence electrons. The molecular weight excluding hydrogens is 1130 g/mol. The molecule has 11 amide bonds. The van der Waals surface area contributed by atoms with E-state index >= 15 is 14.4 Å². The van der Waals surface area contributed by atoms with E-state index in [2.05, 4.69) is 21.3 Å². The first-order valence-corrected chi connectivity index (χ1v) is 31.2. The van der Waals surface area contributed by atoms with Crippen LogP contribution in [0.4, 0.5) is 0 Å². The average Bonchev–Trinajstić information content (AvgIpc) is 2.02. The minimum absolute atomic E-state index is 0.000423. The molecule has 2 aliphatic heterocycles. The fourth-order valence-corrected chi connectivity index (χ4v) is 11.4. The Labute approximate surface area is 521 Å². The lowest BCUT2D eigenvalue weighted by Gasteiger charge is -2.39. The molecule has 23 heteroatoms. The third-order valence-corrected chi connectivity index (χ3v) is 17.3. The summed E-state index contributed by atoms with van der Waals surface area (Å²) in [6.45, 7) is 17.2. The molecule has 2 saturated heterocycles. The molecule has 5 N–H and O–H groups in total. The number of benzene rings is 2. The normalized spacial score (nSPS) is 25.8. The number of hydrogen-bond acceptors (Lipinski definition) is 12. The van der Waals surface area contributed by atoms with Gasteiger partial charge in [0.05, 0.1) is 19.1 Å². The van der Waals surface area contributed by atoms with Crippen LogP contribution in [0.5, 0.6) is 0 Å². The second kappa shape index (κ2) is 33.8. The molecule has 88 heavy (non-hydrogen) atoms. The van der Waals surface area contributed by atoms with Gasteiger partial charge < -0.3 is 60.7 Å². The SMILES string of the molecule is CC[C@H](C)[C@H]1C(=O)N(C)[C@@H](Cc2ccccc2)C(=O)NCC(=O)N(C)[C@@H](Cc2ccccc2)C(=O)N(C)[C@@H](CC(C)C)C(=O)N(C)[C@@H](CC(C)C)C(=O)N[C@H](C(=O)N2CCCCC2)CC(=O)N[C@H](C(C)C)C(=O)N[C@@H]([C@@H](C)O)C(=O)N(C)[C@@H](C)C(=O)N1C. The van der Waals surface area contributed by atoms with Crippen molar-refractivity contribution in [2.45, 2.75) is 188 Å². The summed E-state index contributed by atoms with van der Waals surface area (Å²) < 4.78 is 0. The zero-order valence-electron chi connectivity index (χ0n) is 54.9.